The highest BCUT2D eigenvalue weighted by atomic mass is 79.9. The predicted molar refractivity (Wildman–Crippen MR) is 95.1 cm³/mol. The average Bonchev–Trinajstić information content (AvgIpc) is 3.04. The largest absolute Gasteiger partial charge is 0.343 e. The first-order valence-electron chi connectivity index (χ1n) is 6.85. The molecule has 0 aliphatic carbocycles. The van der Waals surface area contributed by atoms with Crippen LogP contribution in [0.3, 0.4) is 0 Å². The molecule has 0 aliphatic rings. The maximum Gasteiger partial charge on any atom is 0.253 e. The number of nitrogens with one attached hydrogen (secondary N) is 1. The van der Waals surface area contributed by atoms with Crippen LogP contribution in [0, 0.1) is 0 Å². The molecule has 24 heavy (non-hydrogen) atoms. The molecule has 0 aliphatic heterocycles. The van der Waals surface area contributed by atoms with Crippen molar-refractivity contribution in [2.75, 3.05) is 0 Å². The van der Waals surface area contributed by atoms with Gasteiger partial charge in [0.15, 0.2) is 0 Å². The van der Waals surface area contributed by atoms with E-state index in [0.717, 1.165) is 10.0 Å². The van der Waals surface area contributed by atoms with Gasteiger partial charge < -0.3 is 9.84 Å². The van der Waals surface area contributed by atoms with Crippen molar-refractivity contribution in [1.82, 2.24) is 15.5 Å². The van der Waals surface area contributed by atoms with Gasteiger partial charge in [-0.3, -0.25) is 4.79 Å². The summed E-state index contributed by atoms with van der Waals surface area (Å²) in [5.41, 5.74) is 1.14. The van der Waals surface area contributed by atoms with E-state index in [1.807, 2.05) is 0 Å². The molecule has 0 fully saturated rings. The van der Waals surface area contributed by atoms with E-state index in [9.17, 15) is 4.79 Å². The molecule has 0 unspecified atom stereocenters. The van der Waals surface area contributed by atoms with Crippen molar-refractivity contribution in [3.63, 3.8) is 0 Å². The first-order chi connectivity index (χ1) is 11.5. The number of carbonyl (C=O) groups is 1. The zero-order valence-corrected chi connectivity index (χ0v) is 15.2. The van der Waals surface area contributed by atoms with Crippen LogP contribution in [0.1, 0.15) is 16.2 Å². The van der Waals surface area contributed by atoms with E-state index in [1.54, 1.807) is 42.5 Å². The third-order valence-electron chi connectivity index (χ3n) is 3.14. The van der Waals surface area contributed by atoms with Crippen molar-refractivity contribution in [2.45, 2.75) is 6.54 Å². The monoisotopic (exact) mass is 425 g/mol. The second kappa shape index (κ2) is 7.34. The molecule has 0 saturated heterocycles. The summed E-state index contributed by atoms with van der Waals surface area (Å²) in [6, 6.07) is 12.1. The smallest absolute Gasteiger partial charge is 0.253 e. The van der Waals surface area contributed by atoms with Crippen LogP contribution < -0.4 is 5.32 Å². The lowest BCUT2D eigenvalue weighted by Gasteiger charge is -2.05. The second-order valence-electron chi connectivity index (χ2n) is 4.83. The van der Waals surface area contributed by atoms with E-state index in [1.165, 1.54) is 0 Å². The third-order valence-corrected chi connectivity index (χ3v) is 4.22. The highest BCUT2D eigenvalue weighted by molar-refractivity contribution is 9.10. The minimum Gasteiger partial charge on any atom is -0.343 e. The molecule has 0 saturated carbocycles. The SMILES string of the molecule is O=C(NCc1nc(-c2ccc(Cl)cc2)no1)c1cc(Br)ccc1Cl. The molecule has 1 N–H and O–H groups in total. The van der Waals surface area contributed by atoms with E-state index in [4.69, 9.17) is 27.7 Å². The van der Waals surface area contributed by atoms with Gasteiger partial charge in [-0.05, 0) is 42.5 Å². The molecule has 2 aromatic carbocycles. The fourth-order valence-corrected chi connectivity index (χ4v) is 2.66. The maximum atomic E-state index is 12.2. The van der Waals surface area contributed by atoms with Crippen LogP contribution in [-0.4, -0.2) is 16.0 Å². The molecular formula is C16H10BrCl2N3O2. The Labute approximate surface area is 156 Å². The van der Waals surface area contributed by atoms with Crippen LogP contribution in [0.15, 0.2) is 51.5 Å². The number of hydrogen-bond donors (Lipinski definition) is 1. The van der Waals surface area contributed by atoms with Crippen LogP contribution in [0.2, 0.25) is 10.0 Å². The lowest BCUT2D eigenvalue weighted by atomic mass is 10.2. The average molecular weight is 427 g/mol. The fourth-order valence-electron chi connectivity index (χ4n) is 1.97. The number of nitrogens with zero attached hydrogens (tertiary/aromatic N) is 2. The zero-order chi connectivity index (χ0) is 17.1. The van der Waals surface area contributed by atoms with Gasteiger partial charge in [0.1, 0.15) is 0 Å². The molecule has 0 bridgehead atoms. The molecular weight excluding hydrogens is 417 g/mol. The predicted octanol–water partition coefficient (Wildman–Crippen LogP) is 4.74. The van der Waals surface area contributed by atoms with Crippen molar-refractivity contribution in [3.05, 3.63) is 68.4 Å². The highest BCUT2D eigenvalue weighted by Gasteiger charge is 2.13. The summed E-state index contributed by atoms with van der Waals surface area (Å²) in [6.45, 7) is 0.0995. The van der Waals surface area contributed by atoms with Gasteiger partial charge in [0, 0.05) is 15.1 Å². The summed E-state index contributed by atoms with van der Waals surface area (Å²) in [5.74, 6) is 0.392. The van der Waals surface area contributed by atoms with Gasteiger partial charge in [0.25, 0.3) is 5.91 Å². The minimum atomic E-state index is -0.326. The Morgan fingerprint density at radius 1 is 1.17 bits per heavy atom. The number of carbonyl (C=O) groups excluding carboxylic acids is 1. The van der Waals surface area contributed by atoms with Crippen molar-refractivity contribution >= 4 is 45.0 Å². The van der Waals surface area contributed by atoms with Crippen LogP contribution in [0.5, 0.6) is 0 Å². The Kier molecular flexibility index (Phi) is 5.18. The maximum absolute atomic E-state index is 12.2. The minimum absolute atomic E-state index is 0.0995. The summed E-state index contributed by atoms with van der Waals surface area (Å²) in [6.07, 6.45) is 0. The summed E-state index contributed by atoms with van der Waals surface area (Å²) < 4.78 is 5.90. The number of rotatable bonds is 4. The normalized spacial score (nSPS) is 10.6. The standard InChI is InChI=1S/C16H10BrCl2N3O2/c17-10-3-6-13(19)12(7-10)16(23)20-8-14-21-15(22-24-14)9-1-4-11(18)5-2-9/h1-7H,8H2,(H,20,23). The molecule has 1 aromatic heterocycles. The van der Waals surface area contributed by atoms with Gasteiger partial charge in [0.05, 0.1) is 17.1 Å². The Bertz CT molecular complexity index is 881. The van der Waals surface area contributed by atoms with Crippen molar-refractivity contribution < 1.29 is 9.32 Å². The molecule has 8 heteroatoms. The number of benzene rings is 2. The van der Waals surface area contributed by atoms with Crippen LogP contribution in [0.4, 0.5) is 0 Å². The van der Waals surface area contributed by atoms with Gasteiger partial charge in [0.2, 0.25) is 11.7 Å². The van der Waals surface area contributed by atoms with Crippen LogP contribution >= 0.6 is 39.1 Å². The molecule has 0 atom stereocenters. The molecule has 0 spiro atoms. The molecule has 5 nitrogen and oxygen atoms in total. The van der Waals surface area contributed by atoms with E-state index < -0.39 is 0 Å². The quantitative estimate of drug-likeness (QED) is 0.654. The Morgan fingerprint density at radius 2 is 1.92 bits per heavy atom. The number of halogens is 3. The lowest BCUT2D eigenvalue weighted by Crippen LogP contribution is -2.23. The number of aromatic nitrogens is 2. The molecule has 3 rings (SSSR count). The molecule has 0 radical (unpaired) electrons. The van der Waals surface area contributed by atoms with Gasteiger partial charge in [-0.2, -0.15) is 4.98 Å². The first-order valence-corrected chi connectivity index (χ1v) is 8.39. The van der Waals surface area contributed by atoms with E-state index >= 15 is 0 Å². The molecule has 122 valence electrons. The van der Waals surface area contributed by atoms with Gasteiger partial charge in [-0.1, -0.05) is 44.3 Å². The first kappa shape index (κ1) is 17.0. The number of amides is 1. The zero-order valence-electron chi connectivity index (χ0n) is 12.1. The summed E-state index contributed by atoms with van der Waals surface area (Å²) in [7, 11) is 0. The lowest BCUT2D eigenvalue weighted by molar-refractivity contribution is 0.0946. The van der Waals surface area contributed by atoms with Crippen molar-refractivity contribution in [1.29, 1.82) is 0 Å². The summed E-state index contributed by atoms with van der Waals surface area (Å²) in [5, 5.41) is 7.57. The highest BCUT2D eigenvalue weighted by Crippen LogP contribution is 2.21. The topological polar surface area (TPSA) is 68.0 Å². The third kappa shape index (κ3) is 3.95. The van der Waals surface area contributed by atoms with Gasteiger partial charge >= 0.3 is 0 Å². The van der Waals surface area contributed by atoms with Crippen molar-refractivity contribution in [2.24, 2.45) is 0 Å². The van der Waals surface area contributed by atoms with Crippen LogP contribution in [-0.2, 0) is 6.54 Å². The van der Waals surface area contributed by atoms with E-state index in [-0.39, 0.29) is 12.5 Å². The number of hydrogen-bond acceptors (Lipinski definition) is 4. The van der Waals surface area contributed by atoms with Gasteiger partial charge in [-0.25, -0.2) is 0 Å². The van der Waals surface area contributed by atoms with Crippen molar-refractivity contribution in [3.8, 4) is 11.4 Å². The second-order valence-corrected chi connectivity index (χ2v) is 6.58. The van der Waals surface area contributed by atoms with Gasteiger partial charge in [-0.15, -0.1) is 0 Å². The fraction of sp³-hybridized carbons (Fsp3) is 0.0625. The van der Waals surface area contributed by atoms with E-state index in [2.05, 4.69) is 31.4 Å². The molecule has 1 heterocycles. The van der Waals surface area contributed by atoms with Crippen LogP contribution in [0.25, 0.3) is 11.4 Å². The molecule has 3 aromatic rings. The Hall–Kier alpha value is -1.89. The Balaban J connectivity index is 1.68. The summed E-state index contributed by atoms with van der Waals surface area (Å²) >= 11 is 15.2. The summed E-state index contributed by atoms with van der Waals surface area (Å²) in [4.78, 5) is 16.4. The Morgan fingerprint density at radius 3 is 2.67 bits per heavy atom. The molecule has 1 amide bonds. The van der Waals surface area contributed by atoms with E-state index in [0.29, 0.717) is 27.3 Å².